The first-order valence-corrected chi connectivity index (χ1v) is 11.2. The third kappa shape index (κ3) is 3.76. The lowest BCUT2D eigenvalue weighted by Gasteiger charge is -2.59. The van der Waals surface area contributed by atoms with Crippen LogP contribution in [0.25, 0.3) is 0 Å². The summed E-state index contributed by atoms with van der Waals surface area (Å²) in [5, 5.41) is 0. The molecule has 8 atom stereocenters. The van der Waals surface area contributed by atoms with E-state index in [1.807, 2.05) is 13.8 Å². The molecule has 4 heterocycles. The van der Waals surface area contributed by atoms with Gasteiger partial charge in [0.25, 0.3) is 0 Å². The molecule has 0 aromatic heterocycles. The molecular weight excluding hydrogens is 392 g/mol. The van der Waals surface area contributed by atoms with E-state index in [0.717, 1.165) is 25.7 Å². The Bertz CT molecular complexity index is 680. The van der Waals surface area contributed by atoms with E-state index in [1.165, 1.54) is 0 Å². The molecule has 1 spiro atoms. The number of fused-ring (bicyclic) bond motifs is 2. The Labute approximate surface area is 177 Å². The van der Waals surface area contributed by atoms with Crippen molar-refractivity contribution >= 4 is 11.9 Å². The second-order valence-corrected chi connectivity index (χ2v) is 9.80. The van der Waals surface area contributed by atoms with Gasteiger partial charge in [-0.15, -0.1) is 0 Å². The third-order valence-electron chi connectivity index (χ3n) is 7.25. The molecule has 0 radical (unpaired) electrons. The van der Waals surface area contributed by atoms with Gasteiger partial charge in [-0.2, -0.15) is 0 Å². The molecule has 5 rings (SSSR count). The van der Waals surface area contributed by atoms with Crippen molar-refractivity contribution < 1.29 is 38.3 Å². The highest BCUT2D eigenvalue weighted by Gasteiger charge is 2.69. The zero-order chi connectivity index (χ0) is 21.7. The first-order chi connectivity index (χ1) is 14.1. The summed E-state index contributed by atoms with van der Waals surface area (Å²) in [6.45, 7) is 9.68. The number of carbonyl (C=O) groups is 2. The third-order valence-corrected chi connectivity index (χ3v) is 7.25. The second kappa shape index (κ2) is 8.04. The van der Waals surface area contributed by atoms with Gasteiger partial charge in [-0.3, -0.25) is 9.59 Å². The SMILES string of the molecule is CC(C)OC(=O)CCC(=O)O[C@@H]1O[C@@H]2O[C@@]3(C)CC[C@H]4[C@H](C)CC[C@@H]([C@H]1C)[C@@]24OO3. The standard InChI is InChI=1S/C22H34O8/c1-12(2)25-17(23)8-9-18(24)26-19-14(4)16-7-6-13(3)15-10-11-21(5)28-20(27-19)22(15,16)30-29-21/h12-16,19-20H,6-11H2,1-5H3/t13-,14-,15+,16+,19-,20-,21-,22-/m1/s1. The van der Waals surface area contributed by atoms with Gasteiger partial charge in [-0.1, -0.05) is 13.8 Å². The van der Waals surface area contributed by atoms with Gasteiger partial charge in [0, 0.05) is 18.3 Å². The van der Waals surface area contributed by atoms with E-state index in [9.17, 15) is 9.59 Å². The van der Waals surface area contributed by atoms with Crippen molar-refractivity contribution in [3.63, 3.8) is 0 Å². The molecule has 0 aromatic rings. The van der Waals surface area contributed by atoms with E-state index < -0.39 is 35.9 Å². The highest BCUT2D eigenvalue weighted by molar-refractivity contribution is 5.77. The average molecular weight is 427 g/mol. The Kier molecular flexibility index (Phi) is 5.89. The molecule has 0 aromatic carbocycles. The molecule has 0 N–H and O–H groups in total. The molecule has 5 fully saturated rings. The van der Waals surface area contributed by atoms with Crippen molar-refractivity contribution in [2.75, 3.05) is 0 Å². The predicted octanol–water partition coefficient (Wildman–Crippen LogP) is 3.47. The van der Waals surface area contributed by atoms with E-state index in [1.54, 1.807) is 13.8 Å². The fourth-order valence-corrected chi connectivity index (χ4v) is 5.72. The summed E-state index contributed by atoms with van der Waals surface area (Å²) in [5.41, 5.74) is -0.683. The molecule has 170 valence electrons. The number of rotatable bonds is 5. The average Bonchev–Trinajstić information content (AvgIpc) is 2.90. The Balaban J connectivity index is 1.47. The van der Waals surface area contributed by atoms with Crippen molar-refractivity contribution in [1.29, 1.82) is 0 Å². The molecule has 8 nitrogen and oxygen atoms in total. The van der Waals surface area contributed by atoms with Crippen molar-refractivity contribution in [2.45, 2.75) is 103 Å². The van der Waals surface area contributed by atoms with Gasteiger partial charge in [0.05, 0.1) is 18.9 Å². The van der Waals surface area contributed by atoms with E-state index >= 15 is 0 Å². The first-order valence-electron chi connectivity index (χ1n) is 11.2. The number of carbonyl (C=O) groups excluding carboxylic acids is 2. The van der Waals surface area contributed by atoms with Crippen molar-refractivity contribution in [3.05, 3.63) is 0 Å². The molecule has 1 aliphatic carbocycles. The van der Waals surface area contributed by atoms with Crippen LogP contribution in [0.1, 0.15) is 73.1 Å². The van der Waals surface area contributed by atoms with Crippen LogP contribution in [0.4, 0.5) is 0 Å². The molecule has 4 saturated heterocycles. The fourth-order valence-electron chi connectivity index (χ4n) is 5.72. The minimum atomic E-state index is -0.868. The number of hydrogen-bond donors (Lipinski definition) is 0. The van der Waals surface area contributed by atoms with Crippen LogP contribution in [0.5, 0.6) is 0 Å². The van der Waals surface area contributed by atoms with Crippen molar-refractivity contribution in [1.82, 2.24) is 0 Å². The first kappa shape index (κ1) is 22.0. The van der Waals surface area contributed by atoms with Crippen LogP contribution in [0.2, 0.25) is 0 Å². The van der Waals surface area contributed by atoms with Crippen LogP contribution in [0, 0.1) is 23.7 Å². The second-order valence-electron chi connectivity index (χ2n) is 9.80. The van der Waals surface area contributed by atoms with Crippen LogP contribution in [-0.4, -0.2) is 42.0 Å². The zero-order valence-corrected chi connectivity index (χ0v) is 18.6. The minimum Gasteiger partial charge on any atom is -0.463 e. The molecular formula is C22H34O8. The maximum atomic E-state index is 12.4. The zero-order valence-electron chi connectivity index (χ0n) is 18.6. The van der Waals surface area contributed by atoms with Crippen LogP contribution in [0.3, 0.4) is 0 Å². The van der Waals surface area contributed by atoms with Gasteiger partial charge >= 0.3 is 11.9 Å². The van der Waals surface area contributed by atoms with Gasteiger partial charge in [-0.05, 0) is 51.9 Å². The normalized spacial score (nSPS) is 44.9. The lowest BCUT2D eigenvalue weighted by Crippen LogP contribution is -2.70. The monoisotopic (exact) mass is 426 g/mol. The van der Waals surface area contributed by atoms with E-state index in [4.69, 9.17) is 28.7 Å². The quantitative estimate of drug-likeness (QED) is 0.488. The molecule has 0 unspecified atom stereocenters. The van der Waals surface area contributed by atoms with E-state index in [2.05, 4.69) is 6.92 Å². The number of esters is 2. The van der Waals surface area contributed by atoms with Gasteiger partial charge in [0.1, 0.15) is 0 Å². The maximum Gasteiger partial charge on any atom is 0.308 e. The topological polar surface area (TPSA) is 89.5 Å². The lowest BCUT2D eigenvalue weighted by molar-refractivity contribution is -0.576. The Morgan fingerprint density at radius 2 is 1.77 bits per heavy atom. The molecule has 2 bridgehead atoms. The molecule has 8 heteroatoms. The van der Waals surface area contributed by atoms with E-state index in [-0.39, 0.29) is 36.7 Å². The number of hydrogen-bond acceptors (Lipinski definition) is 8. The Hall–Kier alpha value is -1.22. The van der Waals surface area contributed by atoms with Crippen molar-refractivity contribution in [3.8, 4) is 0 Å². The van der Waals surface area contributed by atoms with Crippen LogP contribution in [-0.2, 0) is 38.3 Å². The predicted molar refractivity (Wildman–Crippen MR) is 103 cm³/mol. The highest BCUT2D eigenvalue weighted by atomic mass is 17.3. The maximum absolute atomic E-state index is 12.4. The molecule has 1 saturated carbocycles. The summed E-state index contributed by atoms with van der Waals surface area (Å²) in [7, 11) is 0. The van der Waals surface area contributed by atoms with Gasteiger partial charge in [0.15, 0.2) is 11.9 Å². The minimum absolute atomic E-state index is 0.0139. The summed E-state index contributed by atoms with van der Waals surface area (Å²) in [5.74, 6) is -1.03. The smallest absolute Gasteiger partial charge is 0.308 e. The summed E-state index contributed by atoms with van der Waals surface area (Å²) < 4.78 is 23.2. The largest absolute Gasteiger partial charge is 0.463 e. The summed E-state index contributed by atoms with van der Waals surface area (Å²) in [4.78, 5) is 36.0. The number of ether oxygens (including phenoxy) is 4. The fraction of sp³-hybridized carbons (Fsp3) is 0.909. The van der Waals surface area contributed by atoms with Crippen LogP contribution in [0.15, 0.2) is 0 Å². The van der Waals surface area contributed by atoms with Crippen LogP contribution < -0.4 is 0 Å². The van der Waals surface area contributed by atoms with Gasteiger partial charge in [-0.25, -0.2) is 9.78 Å². The summed E-state index contributed by atoms with van der Waals surface area (Å²) in [6.07, 6.45) is 2.01. The van der Waals surface area contributed by atoms with Gasteiger partial charge < -0.3 is 18.9 Å². The lowest BCUT2D eigenvalue weighted by atomic mass is 9.58. The van der Waals surface area contributed by atoms with E-state index in [0.29, 0.717) is 5.92 Å². The summed E-state index contributed by atoms with van der Waals surface area (Å²) in [6, 6.07) is 0. The van der Waals surface area contributed by atoms with Crippen molar-refractivity contribution in [2.24, 2.45) is 23.7 Å². The van der Waals surface area contributed by atoms with Gasteiger partial charge in [0.2, 0.25) is 12.1 Å². The molecule has 5 aliphatic rings. The van der Waals surface area contributed by atoms with Crippen LogP contribution >= 0.6 is 0 Å². The highest BCUT2D eigenvalue weighted by Crippen LogP contribution is 2.60. The molecule has 30 heavy (non-hydrogen) atoms. The molecule has 4 aliphatic heterocycles. The summed E-state index contributed by atoms with van der Waals surface area (Å²) >= 11 is 0. The Morgan fingerprint density at radius 3 is 2.50 bits per heavy atom. The molecule has 0 amide bonds. The Morgan fingerprint density at radius 1 is 1.03 bits per heavy atom.